The van der Waals surface area contributed by atoms with Crippen molar-refractivity contribution in [3.05, 3.63) is 36.7 Å². The van der Waals surface area contributed by atoms with Crippen LogP contribution in [0.5, 0.6) is 0 Å². The van der Waals surface area contributed by atoms with E-state index in [2.05, 4.69) is 42.6 Å². The molecule has 1 aromatic heterocycles. The van der Waals surface area contributed by atoms with Crippen molar-refractivity contribution in [3.63, 3.8) is 0 Å². The van der Waals surface area contributed by atoms with E-state index in [-0.39, 0.29) is 24.0 Å². The fourth-order valence-corrected chi connectivity index (χ4v) is 1.83. The molecule has 1 heterocycles. The second kappa shape index (κ2) is 10.8. The minimum Gasteiger partial charge on any atom is -1.00 e. The molecule has 0 aliphatic carbocycles. The van der Waals surface area contributed by atoms with Crippen LogP contribution in [0.15, 0.2) is 31.1 Å². The zero-order chi connectivity index (χ0) is 11.6. The van der Waals surface area contributed by atoms with Crippen molar-refractivity contribution in [3.8, 4) is 0 Å². The number of aromatic nitrogens is 1. The summed E-state index contributed by atoms with van der Waals surface area (Å²) in [5.74, 6) is 0. The monoisotopic (exact) mass is 345 g/mol. The molecular weight excluding hydrogens is 321 g/mol. The summed E-state index contributed by atoms with van der Waals surface area (Å²) in [5, 5.41) is 0. The van der Waals surface area contributed by atoms with Crippen LogP contribution < -0.4 is 28.5 Å². The Balaban J connectivity index is 0.00000256. The van der Waals surface area contributed by atoms with Gasteiger partial charge in [-0.05, 0) is 12.0 Å². The maximum atomic E-state index is 3.76. The standard InChI is InChI=1S/C15H24N.HI/c1-3-5-6-7-8-9-12-16-13-10-15(4-2)11-14-16;/h4,10-11,13-14H,2-3,5-9,12H2,1H3;1H/q+1;/p-1. The highest BCUT2D eigenvalue weighted by Crippen LogP contribution is 2.04. The first-order valence-corrected chi connectivity index (χ1v) is 6.48. The van der Waals surface area contributed by atoms with Gasteiger partial charge in [0.2, 0.25) is 0 Å². The van der Waals surface area contributed by atoms with Crippen molar-refractivity contribution < 1.29 is 28.5 Å². The van der Waals surface area contributed by atoms with Gasteiger partial charge in [-0.25, -0.2) is 4.57 Å². The van der Waals surface area contributed by atoms with Crippen molar-refractivity contribution in [2.24, 2.45) is 0 Å². The molecule has 1 aromatic rings. The number of hydrogen-bond donors (Lipinski definition) is 0. The van der Waals surface area contributed by atoms with Gasteiger partial charge in [-0.15, -0.1) is 0 Å². The van der Waals surface area contributed by atoms with Crippen molar-refractivity contribution in [2.45, 2.75) is 52.0 Å². The molecule has 0 bridgehead atoms. The summed E-state index contributed by atoms with van der Waals surface area (Å²) < 4.78 is 2.26. The van der Waals surface area contributed by atoms with E-state index in [0.29, 0.717) is 0 Å². The molecule has 0 radical (unpaired) electrons. The van der Waals surface area contributed by atoms with Crippen LogP contribution in [0.1, 0.15) is 51.0 Å². The Hall–Kier alpha value is -0.380. The first kappa shape index (κ1) is 16.6. The molecule has 0 saturated heterocycles. The average Bonchev–Trinajstić information content (AvgIpc) is 2.34. The quantitative estimate of drug-likeness (QED) is 0.376. The summed E-state index contributed by atoms with van der Waals surface area (Å²) in [6, 6.07) is 4.23. The lowest BCUT2D eigenvalue weighted by Gasteiger charge is -1.99. The third kappa shape index (κ3) is 7.53. The highest BCUT2D eigenvalue weighted by molar-refractivity contribution is 5.44. The van der Waals surface area contributed by atoms with E-state index < -0.39 is 0 Å². The molecule has 0 spiro atoms. The number of halogens is 1. The van der Waals surface area contributed by atoms with Gasteiger partial charge in [0.25, 0.3) is 0 Å². The van der Waals surface area contributed by atoms with Gasteiger partial charge < -0.3 is 24.0 Å². The largest absolute Gasteiger partial charge is 1.00 e. The van der Waals surface area contributed by atoms with Gasteiger partial charge in [-0.1, -0.05) is 45.3 Å². The lowest BCUT2D eigenvalue weighted by atomic mass is 10.1. The van der Waals surface area contributed by atoms with Gasteiger partial charge in [-0.2, -0.15) is 0 Å². The van der Waals surface area contributed by atoms with Crippen molar-refractivity contribution in [1.82, 2.24) is 0 Å². The maximum Gasteiger partial charge on any atom is 0.169 e. The summed E-state index contributed by atoms with van der Waals surface area (Å²) in [6.45, 7) is 7.16. The van der Waals surface area contributed by atoms with Crippen LogP contribution >= 0.6 is 0 Å². The lowest BCUT2D eigenvalue weighted by molar-refractivity contribution is -0.697. The molecule has 0 aliphatic heterocycles. The van der Waals surface area contributed by atoms with E-state index in [4.69, 9.17) is 0 Å². The summed E-state index contributed by atoms with van der Waals surface area (Å²) in [6.07, 6.45) is 14.3. The summed E-state index contributed by atoms with van der Waals surface area (Å²) in [4.78, 5) is 0. The minimum atomic E-state index is 0. The maximum absolute atomic E-state index is 3.76. The van der Waals surface area contributed by atoms with E-state index >= 15 is 0 Å². The Morgan fingerprint density at radius 1 is 1.06 bits per heavy atom. The Labute approximate surface area is 123 Å². The number of hydrogen-bond acceptors (Lipinski definition) is 0. The lowest BCUT2D eigenvalue weighted by Crippen LogP contribution is -3.00. The van der Waals surface area contributed by atoms with Crippen LogP contribution in [0.4, 0.5) is 0 Å². The predicted molar refractivity (Wildman–Crippen MR) is 70.1 cm³/mol. The smallest absolute Gasteiger partial charge is 0.169 e. The highest BCUT2D eigenvalue weighted by Gasteiger charge is 1.99. The molecule has 17 heavy (non-hydrogen) atoms. The van der Waals surface area contributed by atoms with E-state index in [1.54, 1.807) is 0 Å². The van der Waals surface area contributed by atoms with E-state index in [1.807, 2.05) is 6.08 Å². The Kier molecular flexibility index (Phi) is 10.5. The number of unbranched alkanes of at least 4 members (excludes halogenated alkanes) is 5. The topological polar surface area (TPSA) is 3.88 Å². The van der Waals surface area contributed by atoms with Gasteiger partial charge >= 0.3 is 0 Å². The second-order valence-corrected chi connectivity index (χ2v) is 4.34. The first-order valence-electron chi connectivity index (χ1n) is 6.48. The normalized spacial score (nSPS) is 9.71. The second-order valence-electron chi connectivity index (χ2n) is 4.34. The summed E-state index contributed by atoms with van der Waals surface area (Å²) in [7, 11) is 0. The Morgan fingerprint density at radius 2 is 1.65 bits per heavy atom. The highest BCUT2D eigenvalue weighted by atomic mass is 127. The molecule has 96 valence electrons. The molecule has 0 saturated carbocycles. The number of nitrogens with zero attached hydrogens (tertiary/aromatic N) is 1. The molecule has 0 fully saturated rings. The molecular formula is C15H24IN. The van der Waals surface area contributed by atoms with E-state index in [9.17, 15) is 0 Å². The molecule has 0 N–H and O–H groups in total. The third-order valence-corrected chi connectivity index (χ3v) is 2.92. The molecule has 0 aromatic carbocycles. The Morgan fingerprint density at radius 3 is 2.24 bits per heavy atom. The average molecular weight is 345 g/mol. The SMILES string of the molecule is C=Cc1cc[n+](CCCCCCCC)cc1.[I-]. The molecule has 1 nitrogen and oxygen atoms in total. The molecule has 1 rings (SSSR count). The predicted octanol–water partition coefficient (Wildman–Crippen LogP) is 0.982. The van der Waals surface area contributed by atoms with Crippen LogP contribution in [0, 0.1) is 0 Å². The van der Waals surface area contributed by atoms with Crippen LogP contribution in [0.3, 0.4) is 0 Å². The first-order chi connectivity index (χ1) is 7.86. The number of rotatable bonds is 8. The van der Waals surface area contributed by atoms with E-state index in [0.717, 1.165) is 6.54 Å². The zero-order valence-corrected chi connectivity index (χ0v) is 13.0. The van der Waals surface area contributed by atoms with Gasteiger partial charge in [-0.3, -0.25) is 0 Å². The fourth-order valence-electron chi connectivity index (χ4n) is 1.83. The number of pyridine rings is 1. The zero-order valence-electron chi connectivity index (χ0n) is 10.9. The molecule has 0 amide bonds. The van der Waals surface area contributed by atoms with Gasteiger partial charge in [0.15, 0.2) is 12.4 Å². The Bertz CT molecular complexity index is 292. The number of aryl methyl sites for hydroxylation is 1. The van der Waals surface area contributed by atoms with Crippen LogP contribution in [0.2, 0.25) is 0 Å². The van der Waals surface area contributed by atoms with Crippen LogP contribution in [0.25, 0.3) is 6.08 Å². The fraction of sp³-hybridized carbons (Fsp3) is 0.533. The van der Waals surface area contributed by atoms with Crippen LogP contribution in [-0.2, 0) is 6.54 Å². The molecule has 2 heteroatoms. The molecule has 0 unspecified atom stereocenters. The summed E-state index contributed by atoms with van der Waals surface area (Å²) >= 11 is 0. The molecule has 0 atom stereocenters. The minimum absolute atomic E-state index is 0. The molecule has 0 aliphatic rings. The van der Waals surface area contributed by atoms with E-state index in [1.165, 1.54) is 44.1 Å². The summed E-state index contributed by atoms with van der Waals surface area (Å²) in [5.41, 5.74) is 1.19. The van der Waals surface area contributed by atoms with Crippen molar-refractivity contribution >= 4 is 6.08 Å². The van der Waals surface area contributed by atoms with Gasteiger partial charge in [0, 0.05) is 18.6 Å². The van der Waals surface area contributed by atoms with Crippen molar-refractivity contribution in [1.29, 1.82) is 0 Å². The van der Waals surface area contributed by atoms with Gasteiger partial charge in [0.05, 0.1) is 0 Å². The van der Waals surface area contributed by atoms with Crippen molar-refractivity contribution in [2.75, 3.05) is 0 Å². The third-order valence-electron chi connectivity index (χ3n) is 2.92. The van der Waals surface area contributed by atoms with Gasteiger partial charge in [0.1, 0.15) is 6.54 Å². The van der Waals surface area contributed by atoms with Crippen LogP contribution in [-0.4, -0.2) is 0 Å².